The Morgan fingerprint density at radius 3 is 2.83 bits per heavy atom. The van der Waals surface area contributed by atoms with Crippen LogP contribution in [0.1, 0.15) is 38.4 Å². The first-order valence-electron chi connectivity index (χ1n) is 6.39. The molecule has 2 atom stereocenters. The van der Waals surface area contributed by atoms with Gasteiger partial charge in [-0.1, -0.05) is 19.0 Å². The first-order valence-corrected chi connectivity index (χ1v) is 6.39. The van der Waals surface area contributed by atoms with Gasteiger partial charge in [0.05, 0.1) is 25.4 Å². The van der Waals surface area contributed by atoms with Crippen molar-refractivity contribution in [2.75, 3.05) is 19.7 Å². The number of nitrogens with zero attached hydrogens (tertiary/aromatic N) is 3. The van der Waals surface area contributed by atoms with Crippen molar-refractivity contribution in [1.29, 1.82) is 0 Å². The summed E-state index contributed by atoms with van der Waals surface area (Å²) in [7, 11) is 0. The van der Waals surface area contributed by atoms with Gasteiger partial charge in [0.1, 0.15) is 0 Å². The van der Waals surface area contributed by atoms with Gasteiger partial charge in [0.25, 0.3) is 0 Å². The molecule has 0 bridgehead atoms. The number of hydrogen-bond acceptors (Lipinski definition) is 6. The molecule has 1 aromatic heterocycles. The van der Waals surface area contributed by atoms with Crippen LogP contribution < -0.4 is 0 Å². The van der Waals surface area contributed by atoms with E-state index in [-0.39, 0.29) is 24.7 Å². The number of hydrogen-bond donors (Lipinski definition) is 1. The smallest absolute Gasteiger partial charge is 0.240 e. The topological polar surface area (TPSA) is 71.6 Å². The van der Waals surface area contributed by atoms with Gasteiger partial charge in [-0.05, 0) is 6.92 Å². The van der Waals surface area contributed by atoms with Crippen molar-refractivity contribution in [2.24, 2.45) is 0 Å². The zero-order chi connectivity index (χ0) is 13.1. The summed E-state index contributed by atoms with van der Waals surface area (Å²) in [4.78, 5) is 6.53. The largest absolute Gasteiger partial charge is 0.394 e. The fraction of sp³-hybridized carbons (Fsp3) is 0.833. The Bertz CT molecular complexity index is 380. The molecule has 1 N–H and O–H groups in total. The minimum atomic E-state index is -0.124. The quantitative estimate of drug-likeness (QED) is 0.857. The summed E-state index contributed by atoms with van der Waals surface area (Å²) in [6.45, 7) is 8.24. The second-order valence-electron chi connectivity index (χ2n) is 5.15. The molecule has 0 saturated carbocycles. The summed E-state index contributed by atoms with van der Waals surface area (Å²) in [5.74, 6) is 1.64. The van der Waals surface area contributed by atoms with E-state index >= 15 is 0 Å². The predicted molar refractivity (Wildman–Crippen MR) is 65.1 cm³/mol. The van der Waals surface area contributed by atoms with Gasteiger partial charge in [-0.25, -0.2) is 0 Å². The lowest BCUT2D eigenvalue weighted by molar-refractivity contribution is -0.0988. The van der Waals surface area contributed by atoms with Crippen molar-refractivity contribution in [3.05, 3.63) is 11.7 Å². The first kappa shape index (κ1) is 13.5. The van der Waals surface area contributed by atoms with Crippen molar-refractivity contribution in [3.63, 3.8) is 0 Å². The van der Waals surface area contributed by atoms with Gasteiger partial charge in [0.2, 0.25) is 5.89 Å². The normalized spacial score (nSPS) is 25.8. The molecule has 0 spiro atoms. The van der Waals surface area contributed by atoms with E-state index < -0.39 is 0 Å². The van der Waals surface area contributed by atoms with E-state index in [9.17, 15) is 0 Å². The zero-order valence-corrected chi connectivity index (χ0v) is 11.2. The Morgan fingerprint density at radius 1 is 1.44 bits per heavy atom. The molecule has 2 heterocycles. The molecular weight excluding hydrogens is 234 g/mol. The van der Waals surface area contributed by atoms with Gasteiger partial charge in [0.15, 0.2) is 5.82 Å². The molecule has 1 fully saturated rings. The van der Waals surface area contributed by atoms with Crippen molar-refractivity contribution >= 4 is 0 Å². The molecule has 1 aliphatic rings. The number of ether oxygens (including phenoxy) is 1. The molecule has 102 valence electrons. The van der Waals surface area contributed by atoms with Crippen LogP contribution in [0.15, 0.2) is 4.52 Å². The summed E-state index contributed by atoms with van der Waals surface area (Å²) in [6.07, 6.45) is -0.00960. The lowest BCUT2D eigenvalue weighted by Crippen LogP contribution is -2.47. The number of morpholine rings is 1. The van der Waals surface area contributed by atoms with Gasteiger partial charge < -0.3 is 14.4 Å². The SMILES string of the molecule is CC1CN(Cc2nc(C(C)C)no2)CC(CO)O1. The van der Waals surface area contributed by atoms with Crippen LogP contribution >= 0.6 is 0 Å². The molecule has 2 rings (SSSR count). The average molecular weight is 255 g/mol. The average Bonchev–Trinajstić information content (AvgIpc) is 2.76. The maximum Gasteiger partial charge on any atom is 0.240 e. The van der Waals surface area contributed by atoms with Crippen LogP contribution in [0.5, 0.6) is 0 Å². The maximum atomic E-state index is 9.17. The Balaban J connectivity index is 1.95. The molecule has 1 aliphatic heterocycles. The summed E-state index contributed by atoms with van der Waals surface area (Å²) < 4.78 is 10.8. The van der Waals surface area contributed by atoms with Crippen molar-refractivity contribution in [3.8, 4) is 0 Å². The third-order valence-corrected chi connectivity index (χ3v) is 2.96. The molecule has 2 unspecified atom stereocenters. The third kappa shape index (κ3) is 3.28. The van der Waals surface area contributed by atoms with E-state index in [1.807, 2.05) is 20.8 Å². The van der Waals surface area contributed by atoms with E-state index in [0.717, 1.165) is 12.4 Å². The van der Waals surface area contributed by atoms with E-state index in [1.54, 1.807) is 0 Å². The number of aliphatic hydroxyl groups excluding tert-OH is 1. The Hall–Kier alpha value is -0.980. The van der Waals surface area contributed by atoms with E-state index in [0.29, 0.717) is 19.0 Å². The predicted octanol–water partition coefficient (Wildman–Crippen LogP) is 0.775. The summed E-state index contributed by atoms with van der Waals surface area (Å²) >= 11 is 0. The molecule has 0 aliphatic carbocycles. The van der Waals surface area contributed by atoms with E-state index in [4.69, 9.17) is 14.4 Å². The fourth-order valence-electron chi connectivity index (χ4n) is 2.13. The van der Waals surface area contributed by atoms with Crippen LogP contribution in [0.25, 0.3) is 0 Å². The maximum absolute atomic E-state index is 9.17. The second-order valence-corrected chi connectivity index (χ2v) is 5.15. The second kappa shape index (κ2) is 5.77. The number of aromatic nitrogens is 2. The van der Waals surface area contributed by atoms with Crippen molar-refractivity contribution < 1.29 is 14.4 Å². The van der Waals surface area contributed by atoms with Gasteiger partial charge in [-0.15, -0.1) is 0 Å². The van der Waals surface area contributed by atoms with Crippen LogP contribution in [0, 0.1) is 0 Å². The summed E-state index contributed by atoms with van der Waals surface area (Å²) in [5, 5.41) is 13.1. The first-order chi connectivity index (χ1) is 8.58. The molecule has 0 amide bonds. The third-order valence-electron chi connectivity index (χ3n) is 2.96. The molecule has 18 heavy (non-hydrogen) atoms. The lowest BCUT2D eigenvalue weighted by atomic mass is 10.2. The molecule has 6 heteroatoms. The molecule has 0 radical (unpaired) electrons. The molecular formula is C12H21N3O3. The van der Waals surface area contributed by atoms with Gasteiger partial charge >= 0.3 is 0 Å². The highest BCUT2D eigenvalue weighted by atomic mass is 16.5. The van der Waals surface area contributed by atoms with Crippen LogP contribution in [0.4, 0.5) is 0 Å². The van der Waals surface area contributed by atoms with Crippen LogP contribution in [0.2, 0.25) is 0 Å². The van der Waals surface area contributed by atoms with Crippen molar-refractivity contribution in [1.82, 2.24) is 15.0 Å². The van der Waals surface area contributed by atoms with Gasteiger partial charge in [-0.2, -0.15) is 4.98 Å². The molecule has 1 saturated heterocycles. The number of aliphatic hydroxyl groups is 1. The summed E-state index contributed by atoms with van der Waals surface area (Å²) in [5.41, 5.74) is 0. The van der Waals surface area contributed by atoms with E-state index in [1.165, 1.54) is 0 Å². The molecule has 1 aromatic rings. The van der Waals surface area contributed by atoms with Crippen LogP contribution in [-0.4, -0.2) is 52.1 Å². The zero-order valence-electron chi connectivity index (χ0n) is 11.2. The van der Waals surface area contributed by atoms with Gasteiger partial charge in [-0.3, -0.25) is 4.90 Å². The minimum absolute atomic E-state index is 0.0436. The highest BCUT2D eigenvalue weighted by Gasteiger charge is 2.26. The fourth-order valence-corrected chi connectivity index (χ4v) is 2.13. The molecule has 6 nitrogen and oxygen atoms in total. The van der Waals surface area contributed by atoms with Crippen LogP contribution in [0.3, 0.4) is 0 Å². The highest BCUT2D eigenvalue weighted by molar-refractivity contribution is 4.92. The Kier molecular flexibility index (Phi) is 4.31. The van der Waals surface area contributed by atoms with E-state index in [2.05, 4.69) is 15.0 Å². The number of rotatable bonds is 4. The summed E-state index contributed by atoms with van der Waals surface area (Å²) in [6, 6.07) is 0. The Labute approximate surface area is 107 Å². The standard InChI is InChI=1S/C12H21N3O3/c1-8(2)12-13-11(18-14-12)6-15-4-9(3)17-10(5-15)7-16/h8-10,16H,4-7H2,1-3H3. The molecule has 0 aromatic carbocycles. The monoisotopic (exact) mass is 255 g/mol. The minimum Gasteiger partial charge on any atom is -0.394 e. The Morgan fingerprint density at radius 2 is 2.22 bits per heavy atom. The van der Waals surface area contributed by atoms with Crippen molar-refractivity contribution in [2.45, 2.75) is 45.4 Å². The van der Waals surface area contributed by atoms with Crippen LogP contribution in [-0.2, 0) is 11.3 Å². The highest BCUT2D eigenvalue weighted by Crippen LogP contribution is 2.15. The lowest BCUT2D eigenvalue weighted by Gasteiger charge is -2.35. The van der Waals surface area contributed by atoms with Gasteiger partial charge in [0, 0.05) is 19.0 Å².